The standard InChI is InChI=1S/C17H34N2.H2/c1-4-18-9-5-16-13-17(14-16)7-11-19(12-8-17)10-6-15(2)3;/h15-16,18H,4-14H2,1-3H3;1H. The molecule has 2 rings (SSSR count). The number of piperidine rings is 1. The van der Waals surface area contributed by atoms with Crippen molar-refractivity contribution in [1.29, 1.82) is 0 Å². The zero-order chi connectivity index (χ0) is 13.7. The van der Waals surface area contributed by atoms with Gasteiger partial charge >= 0.3 is 0 Å². The van der Waals surface area contributed by atoms with Gasteiger partial charge < -0.3 is 10.2 Å². The number of nitrogens with one attached hydrogen (secondary N) is 1. The van der Waals surface area contributed by atoms with E-state index >= 15 is 0 Å². The minimum atomic E-state index is 0. The van der Waals surface area contributed by atoms with Gasteiger partial charge in [-0.15, -0.1) is 0 Å². The largest absolute Gasteiger partial charge is 0.317 e. The third-order valence-electron chi connectivity index (χ3n) is 5.36. The highest BCUT2D eigenvalue weighted by Gasteiger charge is 2.44. The summed E-state index contributed by atoms with van der Waals surface area (Å²) in [7, 11) is 0. The van der Waals surface area contributed by atoms with Gasteiger partial charge in [-0.3, -0.25) is 0 Å². The molecule has 0 atom stereocenters. The van der Waals surface area contributed by atoms with Gasteiger partial charge in [0.15, 0.2) is 0 Å². The van der Waals surface area contributed by atoms with E-state index in [0.717, 1.165) is 23.8 Å². The molecule has 1 saturated heterocycles. The molecule has 0 radical (unpaired) electrons. The van der Waals surface area contributed by atoms with Gasteiger partial charge in [-0.2, -0.15) is 0 Å². The maximum absolute atomic E-state index is 3.46. The van der Waals surface area contributed by atoms with E-state index in [4.69, 9.17) is 0 Å². The maximum atomic E-state index is 3.46. The molecule has 0 bridgehead atoms. The van der Waals surface area contributed by atoms with E-state index in [0.29, 0.717) is 0 Å². The van der Waals surface area contributed by atoms with Gasteiger partial charge in [-0.25, -0.2) is 0 Å². The first-order valence-corrected chi connectivity index (χ1v) is 8.56. The molecule has 2 nitrogen and oxygen atoms in total. The van der Waals surface area contributed by atoms with Crippen LogP contribution in [0.15, 0.2) is 0 Å². The Hall–Kier alpha value is -0.0800. The van der Waals surface area contributed by atoms with Crippen molar-refractivity contribution in [2.75, 3.05) is 32.7 Å². The van der Waals surface area contributed by atoms with E-state index in [1.165, 1.54) is 64.7 Å². The Morgan fingerprint density at radius 3 is 2.53 bits per heavy atom. The number of nitrogens with zero attached hydrogens (tertiary/aromatic N) is 1. The molecule has 0 aromatic heterocycles. The molecule has 0 aromatic carbocycles. The first kappa shape index (κ1) is 15.3. The highest BCUT2D eigenvalue weighted by molar-refractivity contribution is 4.97. The molecular formula is C17H36N2. The Bertz CT molecular complexity index is 252. The number of hydrogen-bond donors (Lipinski definition) is 1. The summed E-state index contributed by atoms with van der Waals surface area (Å²) in [6, 6.07) is 0. The lowest BCUT2D eigenvalue weighted by molar-refractivity contribution is -0.0165. The summed E-state index contributed by atoms with van der Waals surface area (Å²) in [5, 5.41) is 3.46. The normalized spacial score (nSPS) is 24.0. The molecule has 1 N–H and O–H groups in total. The van der Waals surface area contributed by atoms with Gasteiger partial charge in [0.2, 0.25) is 0 Å². The monoisotopic (exact) mass is 268 g/mol. The Balaban J connectivity index is 0.00000200. The number of rotatable bonds is 7. The van der Waals surface area contributed by atoms with Crippen LogP contribution in [0.25, 0.3) is 0 Å². The first-order chi connectivity index (χ1) is 9.13. The lowest BCUT2D eigenvalue weighted by Gasteiger charge is -2.52. The van der Waals surface area contributed by atoms with Gasteiger partial charge in [-0.1, -0.05) is 20.8 Å². The van der Waals surface area contributed by atoms with Crippen LogP contribution in [-0.2, 0) is 0 Å². The lowest BCUT2D eigenvalue weighted by atomic mass is 9.57. The van der Waals surface area contributed by atoms with Gasteiger partial charge in [0.25, 0.3) is 0 Å². The molecule has 1 saturated carbocycles. The third kappa shape index (κ3) is 4.46. The lowest BCUT2D eigenvalue weighted by Crippen LogP contribution is -2.47. The van der Waals surface area contributed by atoms with Crippen LogP contribution in [0.2, 0.25) is 0 Å². The Morgan fingerprint density at radius 2 is 1.95 bits per heavy atom. The first-order valence-electron chi connectivity index (χ1n) is 8.56. The molecule has 114 valence electrons. The fraction of sp³-hybridized carbons (Fsp3) is 1.00. The third-order valence-corrected chi connectivity index (χ3v) is 5.36. The highest BCUT2D eigenvalue weighted by Crippen LogP contribution is 2.53. The summed E-state index contributed by atoms with van der Waals surface area (Å²) in [5.74, 6) is 1.89. The van der Waals surface area contributed by atoms with E-state index in [2.05, 4.69) is 31.0 Å². The summed E-state index contributed by atoms with van der Waals surface area (Å²) in [6.07, 6.45) is 8.78. The van der Waals surface area contributed by atoms with Gasteiger partial charge in [-0.05, 0) is 88.5 Å². The van der Waals surface area contributed by atoms with Crippen molar-refractivity contribution in [1.82, 2.24) is 10.2 Å². The van der Waals surface area contributed by atoms with E-state index in [1.54, 1.807) is 0 Å². The summed E-state index contributed by atoms with van der Waals surface area (Å²) in [6.45, 7) is 13.3. The predicted molar refractivity (Wildman–Crippen MR) is 85.6 cm³/mol. The molecule has 1 spiro atoms. The SMILES string of the molecule is CCNCCC1CC2(CCN(CCC(C)C)CC2)C1.[HH]. The van der Waals surface area contributed by atoms with Crippen LogP contribution in [-0.4, -0.2) is 37.6 Å². The van der Waals surface area contributed by atoms with E-state index in [1.807, 2.05) is 0 Å². The second-order valence-electron chi connectivity index (χ2n) is 7.44. The van der Waals surface area contributed by atoms with Gasteiger partial charge in [0, 0.05) is 1.43 Å². The Kier molecular flexibility index (Phi) is 5.70. The number of hydrogen-bond acceptors (Lipinski definition) is 2. The van der Waals surface area contributed by atoms with Crippen molar-refractivity contribution in [2.24, 2.45) is 17.3 Å². The fourth-order valence-electron chi connectivity index (χ4n) is 3.95. The molecule has 2 heteroatoms. The summed E-state index contributed by atoms with van der Waals surface area (Å²) >= 11 is 0. The fourth-order valence-corrected chi connectivity index (χ4v) is 3.95. The zero-order valence-electron chi connectivity index (χ0n) is 13.4. The van der Waals surface area contributed by atoms with Crippen LogP contribution in [0.1, 0.15) is 60.7 Å². The zero-order valence-corrected chi connectivity index (χ0v) is 13.4. The van der Waals surface area contributed by atoms with Crippen molar-refractivity contribution in [3.63, 3.8) is 0 Å². The number of likely N-dealkylation sites (tertiary alicyclic amines) is 1. The van der Waals surface area contributed by atoms with Crippen molar-refractivity contribution in [2.45, 2.75) is 59.3 Å². The minimum Gasteiger partial charge on any atom is -0.317 e. The Morgan fingerprint density at radius 1 is 1.26 bits per heavy atom. The van der Waals surface area contributed by atoms with Crippen LogP contribution in [0.3, 0.4) is 0 Å². The second-order valence-corrected chi connectivity index (χ2v) is 7.44. The average Bonchev–Trinajstić information content (AvgIpc) is 2.36. The van der Waals surface area contributed by atoms with Crippen LogP contribution < -0.4 is 5.32 Å². The second kappa shape index (κ2) is 7.08. The maximum Gasteiger partial charge on any atom is 0 e. The van der Waals surface area contributed by atoms with Crippen molar-refractivity contribution < 1.29 is 1.43 Å². The van der Waals surface area contributed by atoms with Crippen molar-refractivity contribution >= 4 is 0 Å². The van der Waals surface area contributed by atoms with Gasteiger partial charge in [0.05, 0.1) is 0 Å². The topological polar surface area (TPSA) is 15.3 Å². The smallest absolute Gasteiger partial charge is 0 e. The molecule has 1 aliphatic heterocycles. The van der Waals surface area contributed by atoms with E-state index in [-0.39, 0.29) is 1.43 Å². The van der Waals surface area contributed by atoms with Gasteiger partial charge in [0.1, 0.15) is 0 Å². The molecular weight excluding hydrogens is 232 g/mol. The quantitative estimate of drug-likeness (QED) is 0.707. The molecule has 0 aromatic rings. The van der Waals surface area contributed by atoms with Crippen molar-refractivity contribution in [3.05, 3.63) is 0 Å². The van der Waals surface area contributed by atoms with Crippen LogP contribution in [0, 0.1) is 17.3 Å². The molecule has 2 fully saturated rings. The summed E-state index contributed by atoms with van der Waals surface area (Å²) in [5.41, 5.74) is 0.769. The van der Waals surface area contributed by atoms with E-state index < -0.39 is 0 Å². The summed E-state index contributed by atoms with van der Waals surface area (Å²) in [4.78, 5) is 2.71. The van der Waals surface area contributed by atoms with Crippen molar-refractivity contribution in [3.8, 4) is 0 Å². The molecule has 0 amide bonds. The molecule has 1 heterocycles. The van der Waals surface area contributed by atoms with E-state index in [9.17, 15) is 0 Å². The Labute approximate surface area is 121 Å². The average molecular weight is 268 g/mol. The minimum absolute atomic E-state index is 0. The summed E-state index contributed by atoms with van der Waals surface area (Å²) < 4.78 is 0. The molecule has 2 aliphatic rings. The molecule has 0 unspecified atom stereocenters. The van der Waals surface area contributed by atoms with Crippen LogP contribution in [0.5, 0.6) is 0 Å². The molecule has 19 heavy (non-hydrogen) atoms. The van der Waals surface area contributed by atoms with Crippen LogP contribution >= 0.6 is 0 Å². The van der Waals surface area contributed by atoms with Crippen LogP contribution in [0.4, 0.5) is 0 Å². The molecule has 1 aliphatic carbocycles. The highest BCUT2D eigenvalue weighted by atomic mass is 15.1. The predicted octanol–water partition coefficient (Wildman–Crippen LogP) is 3.77.